The molecule has 0 radical (unpaired) electrons. The van der Waals surface area contributed by atoms with Gasteiger partial charge in [-0.15, -0.1) is 0 Å². The zero-order chi connectivity index (χ0) is 11.1. The average molecular weight is 198 g/mol. The topological polar surface area (TPSA) is 23.6 Å². The Morgan fingerprint density at radius 1 is 1.29 bits per heavy atom. The minimum atomic E-state index is 0.0444. The van der Waals surface area contributed by atoms with Crippen LogP contribution in [0.2, 0.25) is 0 Å². The standard InChI is InChI=1S/C11H22N2O/c1-10(2)9-13(5)8-6-7-11(14)12(3)4/h6-7,10H,8-9H2,1-5H3/b7-6+. The highest BCUT2D eigenvalue weighted by atomic mass is 16.2. The molecule has 0 aliphatic carbocycles. The van der Waals surface area contributed by atoms with Crippen molar-refractivity contribution in [2.75, 3.05) is 34.2 Å². The minimum Gasteiger partial charge on any atom is -0.345 e. The van der Waals surface area contributed by atoms with E-state index in [0.29, 0.717) is 5.92 Å². The summed E-state index contributed by atoms with van der Waals surface area (Å²) in [6, 6.07) is 0. The molecular formula is C11H22N2O. The Labute approximate surface area is 87.4 Å². The number of hydrogen-bond acceptors (Lipinski definition) is 2. The van der Waals surface area contributed by atoms with Crippen LogP contribution < -0.4 is 0 Å². The van der Waals surface area contributed by atoms with Crippen molar-refractivity contribution in [2.45, 2.75) is 13.8 Å². The summed E-state index contributed by atoms with van der Waals surface area (Å²) in [7, 11) is 5.57. The summed E-state index contributed by atoms with van der Waals surface area (Å²) < 4.78 is 0. The van der Waals surface area contributed by atoms with Crippen LogP contribution >= 0.6 is 0 Å². The molecule has 0 aliphatic rings. The van der Waals surface area contributed by atoms with E-state index >= 15 is 0 Å². The van der Waals surface area contributed by atoms with Gasteiger partial charge in [-0.25, -0.2) is 0 Å². The Kier molecular flexibility index (Phi) is 6.21. The quantitative estimate of drug-likeness (QED) is 0.620. The summed E-state index contributed by atoms with van der Waals surface area (Å²) in [4.78, 5) is 14.9. The monoisotopic (exact) mass is 198 g/mol. The summed E-state index contributed by atoms with van der Waals surface area (Å²) >= 11 is 0. The van der Waals surface area contributed by atoms with E-state index in [4.69, 9.17) is 0 Å². The second-order valence-corrected chi connectivity index (χ2v) is 4.25. The van der Waals surface area contributed by atoms with Gasteiger partial charge in [0.1, 0.15) is 0 Å². The van der Waals surface area contributed by atoms with Crippen LogP contribution in [-0.4, -0.2) is 49.9 Å². The fraction of sp³-hybridized carbons (Fsp3) is 0.727. The zero-order valence-corrected chi connectivity index (χ0v) is 9.95. The number of carbonyl (C=O) groups is 1. The lowest BCUT2D eigenvalue weighted by atomic mass is 10.2. The van der Waals surface area contributed by atoms with Crippen LogP contribution in [0, 0.1) is 5.92 Å². The van der Waals surface area contributed by atoms with Crippen LogP contribution in [-0.2, 0) is 4.79 Å². The number of likely N-dealkylation sites (N-methyl/N-ethyl adjacent to an activating group) is 2. The summed E-state index contributed by atoms with van der Waals surface area (Å²) in [6.07, 6.45) is 3.53. The molecule has 0 fully saturated rings. The van der Waals surface area contributed by atoms with Gasteiger partial charge in [0.15, 0.2) is 0 Å². The third-order valence-corrected chi connectivity index (χ3v) is 1.80. The van der Waals surface area contributed by atoms with Gasteiger partial charge in [-0.05, 0) is 13.0 Å². The minimum absolute atomic E-state index is 0.0444. The molecule has 1 amide bonds. The molecule has 0 unspecified atom stereocenters. The fourth-order valence-corrected chi connectivity index (χ4v) is 1.18. The first-order chi connectivity index (χ1) is 6.43. The van der Waals surface area contributed by atoms with Gasteiger partial charge in [-0.2, -0.15) is 0 Å². The van der Waals surface area contributed by atoms with E-state index in [1.807, 2.05) is 6.08 Å². The van der Waals surface area contributed by atoms with Crippen molar-refractivity contribution in [2.24, 2.45) is 5.92 Å². The van der Waals surface area contributed by atoms with Gasteiger partial charge in [0.25, 0.3) is 0 Å². The van der Waals surface area contributed by atoms with Gasteiger partial charge in [-0.1, -0.05) is 19.9 Å². The molecule has 0 aromatic carbocycles. The van der Waals surface area contributed by atoms with Crippen LogP contribution in [0.3, 0.4) is 0 Å². The third-order valence-electron chi connectivity index (χ3n) is 1.80. The molecule has 0 aliphatic heterocycles. The van der Waals surface area contributed by atoms with E-state index in [0.717, 1.165) is 13.1 Å². The Balaban J connectivity index is 3.76. The number of rotatable bonds is 5. The molecule has 0 bridgehead atoms. The van der Waals surface area contributed by atoms with Crippen LogP contribution in [0.1, 0.15) is 13.8 Å². The van der Waals surface area contributed by atoms with Crippen LogP contribution in [0.4, 0.5) is 0 Å². The molecule has 3 nitrogen and oxygen atoms in total. The van der Waals surface area contributed by atoms with Crippen LogP contribution in [0.25, 0.3) is 0 Å². The predicted molar refractivity (Wildman–Crippen MR) is 60.2 cm³/mol. The Morgan fingerprint density at radius 3 is 2.29 bits per heavy atom. The molecule has 14 heavy (non-hydrogen) atoms. The van der Waals surface area contributed by atoms with E-state index in [-0.39, 0.29) is 5.91 Å². The predicted octanol–water partition coefficient (Wildman–Crippen LogP) is 1.22. The lowest BCUT2D eigenvalue weighted by Gasteiger charge is -2.16. The van der Waals surface area contributed by atoms with Gasteiger partial charge in [0.05, 0.1) is 0 Å². The molecule has 0 N–H and O–H groups in total. The average Bonchev–Trinajstić information content (AvgIpc) is 2.02. The Bertz CT molecular complexity index is 197. The molecule has 0 heterocycles. The summed E-state index contributed by atoms with van der Waals surface area (Å²) in [5, 5.41) is 0. The molecule has 0 spiro atoms. The molecule has 0 aromatic rings. The van der Waals surface area contributed by atoms with Crippen molar-refractivity contribution >= 4 is 5.91 Å². The lowest BCUT2D eigenvalue weighted by molar-refractivity contribution is -0.123. The third kappa shape index (κ3) is 6.66. The van der Waals surface area contributed by atoms with Gasteiger partial charge in [0.2, 0.25) is 5.91 Å². The Hall–Kier alpha value is -0.830. The summed E-state index contributed by atoms with van der Waals surface area (Å²) in [5.74, 6) is 0.709. The Morgan fingerprint density at radius 2 is 1.86 bits per heavy atom. The van der Waals surface area contributed by atoms with Crippen molar-refractivity contribution in [3.8, 4) is 0 Å². The smallest absolute Gasteiger partial charge is 0.245 e. The summed E-state index contributed by atoms with van der Waals surface area (Å²) in [6.45, 7) is 6.26. The van der Waals surface area contributed by atoms with Gasteiger partial charge < -0.3 is 9.80 Å². The van der Waals surface area contributed by atoms with E-state index in [9.17, 15) is 4.79 Å². The van der Waals surface area contributed by atoms with Gasteiger partial charge in [0, 0.05) is 33.3 Å². The lowest BCUT2D eigenvalue weighted by Crippen LogP contribution is -2.24. The second-order valence-electron chi connectivity index (χ2n) is 4.25. The SMILES string of the molecule is CC(C)CN(C)C/C=C/C(=O)N(C)C. The maximum atomic E-state index is 11.2. The van der Waals surface area contributed by atoms with E-state index in [1.54, 1.807) is 25.1 Å². The van der Waals surface area contributed by atoms with E-state index in [2.05, 4.69) is 25.8 Å². The number of carbonyl (C=O) groups excluding carboxylic acids is 1. The normalized spacial score (nSPS) is 11.6. The first-order valence-corrected chi connectivity index (χ1v) is 5.00. The van der Waals surface area contributed by atoms with Crippen molar-refractivity contribution in [3.63, 3.8) is 0 Å². The zero-order valence-electron chi connectivity index (χ0n) is 9.95. The molecular weight excluding hydrogens is 176 g/mol. The number of amides is 1. The number of hydrogen-bond donors (Lipinski definition) is 0. The highest BCUT2D eigenvalue weighted by molar-refractivity contribution is 5.87. The second kappa shape index (κ2) is 6.60. The van der Waals surface area contributed by atoms with E-state index in [1.165, 1.54) is 0 Å². The van der Waals surface area contributed by atoms with Crippen molar-refractivity contribution in [1.82, 2.24) is 9.80 Å². The summed E-state index contributed by atoms with van der Waals surface area (Å²) in [5.41, 5.74) is 0. The first-order valence-electron chi connectivity index (χ1n) is 5.00. The first kappa shape index (κ1) is 13.2. The molecule has 0 atom stereocenters. The van der Waals surface area contributed by atoms with Crippen molar-refractivity contribution in [3.05, 3.63) is 12.2 Å². The molecule has 0 aromatic heterocycles. The maximum Gasteiger partial charge on any atom is 0.245 e. The maximum absolute atomic E-state index is 11.2. The molecule has 3 heteroatoms. The fourth-order valence-electron chi connectivity index (χ4n) is 1.18. The van der Waals surface area contributed by atoms with Gasteiger partial charge in [-0.3, -0.25) is 4.79 Å². The molecule has 0 saturated heterocycles. The van der Waals surface area contributed by atoms with Gasteiger partial charge >= 0.3 is 0 Å². The van der Waals surface area contributed by atoms with E-state index < -0.39 is 0 Å². The molecule has 0 saturated carbocycles. The molecule has 0 rings (SSSR count). The van der Waals surface area contributed by atoms with Crippen molar-refractivity contribution < 1.29 is 4.79 Å². The van der Waals surface area contributed by atoms with Crippen LogP contribution in [0.5, 0.6) is 0 Å². The van der Waals surface area contributed by atoms with Crippen LogP contribution in [0.15, 0.2) is 12.2 Å². The van der Waals surface area contributed by atoms with Crippen molar-refractivity contribution in [1.29, 1.82) is 0 Å². The highest BCUT2D eigenvalue weighted by Gasteiger charge is 2.00. The largest absolute Gasteiger partial charge is 0.345 e. The molecule has 82 valence electrons. The number of nitrogens with zero attached hydrogens (tertiary/aromatic N) is 2. The highest BCUT2D eigenvalue weighted by Crippen LogP contribution is 1.95.